The van der Waals surface area contributed by atoms with Gasteiger partial charge in [0.1, 0.15) is 11.5 Å². The molecule has 0 aliphatic carbocycles. The van der Waals surface area contributed by atoms with Gasteiger partial charge in [-0.15, -0.1) is 0 Å². The predicted octanol–water partition coefficient (Wildman–Crippen LogP) is 2.22. The van der Waals surface area contributed by atoms with Crippen molar-refractivity contribution in [1.29, 1.82) is 0 Å². The lowest BCUT2D eigenvalue weighted by atomic mass is 10.2. The summed E-state index contributed by atoms with van der Waals surface area (Å²) in [5.41, 5.74) is 0. The van der Waals surface area contributed by atoms with E-state index in [1.807, 2.05) is 40.0 Å². The van der Waals surface area contributed by atoms with Gasteiger partial charge in [-0.05, 0) is 33.0 Å². The topological polar surface area (TPSA) is 42.7 Å². The summed E-state index contributed by atoms with van der Waals surface area (Å²) in [5.74, 6) is 1.57. The van der Waals surface area contributed by atoms with Gasteiger partial charge in [0.2, 0.25) is 0 Å². The number of hydrogen-bond acceptors (Lipinski definition) is 4. The van der Waals surface area contributed by atoms with Crippen LogP contribution in [0.5, 0.6) is 0 Å². The molecule has 0 saturated heterocycles. The number of rotatable bonds is 6. The van der Waals surface area contributed by atoms with Crippen LogP contribution in [-0.4, -0.2) is 31.1 Å². The molecule has 0 spiro atoms. The number of carbonyl (C=O) groups excluding carboxylic acids is 1. The Bertz CT molecular complexity index is 359. The van der Waals surface area contributed by atoms with Crippen LogP contribution < -0.4 is 0 Å². The minimum Gasteiger partial charge on any atom is -0.466 e. The van der Waals surface area contributed by atoms with Gasteiger partial charge in [0.05, 0.1) is 19.1 Å². The molecule has 0 aliphatic rings. The minimum atomic E-state index is -0.144. The highest BCUT2D eigenvalue weighted by Crippen LogP contribution is 2.10. The zero-order valence-corrected chi connectivity index (χ0v) is 11.0. The molecule has 1 aromatic heterocycles. The molecule has 0 bridgehead atoms. The summed E-state index contributed by atoms with van der Waals surface area (Å²) < 4.78 is 10.5. The molecule has 4 heteroatoms. The summed E-state index contributed by atoms with van der Waals surface area (Å²) in [5, 5.41) is 0. The van der Waals surface area contributed by atoms with Crippen molar-refractivity contribution in [1.82, 2.24) is 4.90 Å². The highest BCUT2D eigenvalue weighted by Gasteiger charge is 2.16. The number of nitrogens with zero attached hydrogens (tertiary/aromatic N) is 1. The third-order valence-corrected chi connectivity index (χ3v) is 2.50. The average molecular weight is 239 g/mol. The van der Waals surface area contributed by atoms with E-state index in [1.165, 1.54) is 0 Å². The highest BCUT2D eigenvalue weighted by molar-refractivity contribution is 5.72. The molecule has 1 aromatic rings. The first-order valence-corrected chi connectivity index (χ1v) is 5.93. The van der Waals surface area contributed by atoms with Crippen LogP contribution in [0.1, 0.15) is 25.4 Å². The van der Waals surface area contributed by atoms with E-state index in [-0.39, 0.29) is 11.9 Å². The second kappa shape index (κ2) is 6.45. The van der Waals surface area contributed by atoms with Crippen LogP contribution in [0.15, 0.2) is 16.5 Å². The standard InChI is InChI=1S/C13H21NO3/c1-5-16-13(15)10(2)8-14(4)9-12-7-6-11(3)17-12/h6-7,10H,5,8-9H2,1-4H3. The van der Waals surface area contributed by atoms with E-state index in [2.05, 4.69) is 4.90 Å². The second-order valence-electron chi connectivity index (χ2n) is 4.36. The third kappa shape index (κ3) is 4.61. The maximum absolute atomic E-state index is 11.5. The normalized spacial score (nSPS) is 12.8. The minimum absolute atomic E-state index is 0.115. The number of esters is 1. The van der Waals surface area contributed by atoms with E-state index >= 15 is 0 Å². The van der Waals surface area contributed by atoms with E-state index in [9.17, 15) is 4.79 Å². The largest absolute Gasteiger partial charge is 0.466 e. The lowest BCUT2D eigenvalue weighted by molar-refractivity contribution is -0.148. The van der Waals surface area contributed by atoms with Gasteiger partial charge >= 0.3 is 5.97 Å². The Kier molecular flexibility index (Phi) is 5.22. The quantitative estimate of drug-likeness (QED) is 0.714. The van der Waals surface area contributed by atoms with Crippen molar-refractivity contribution in [2.45, 2.75) is 27.3 Å². The van der Waals surface area contributed by atoms with Gasteiger partial charge < -0.3 is 9.15 Å². The van der Waals surface area contributed by atoms with E-state index < -0.39 is 0 Å². The van der Waals surface area contributed by atoms with Gasteiger partial charge in [-0.25, -0.2) is 0 Å². The Hall–Kier alpha value is -1.29. The molecule has 4 nitrogen and oxygen atoms in total. The smallest absolute Gasteiger partial charge is 0.309 e. The first-order chi connectivity index (χ1) is 8.02. The monoisotopic (exact) mass is 239 g/mol. The van der Waals surface area contributed by atoms with Gasteiger partial charge in [0.25, 0.3) is 0 Å². The Morgan fingerprint density at radius 2 is 2.24 bits per heavy atom. The molecule has 0 fully saturated rings. The summed E-state index contributed by atoms with van der Waals surface area (Å²) in [7, 11) is 1.97. The summed E-state index contributed by atoms with van der Waals surface area (Å²) in [4.78, 5) is 13.5. The zero-order chi connectivity index (χ0) is 12.8. The first kappa shape index (κ1) is 13.8. The van der Waals surface area contributed by atoms with Crippen molar-refractivity contribution >= 4 is 5.97 Å². The van der Waals surface area contributed by atoms with Crippen molar-refractivity contribution in [3.05, 3.63) is 23.7 Å². The maximum atomic E-state index is 11.5. The first-order valence-electron chi connectivity index (χ1n) is 5.93. The molecule has 0 aromatic carbocycles. The Morgan fingerprint density at radius 3 is 2.76 bits per heavy atom. The van der Waals surface area contributed by atoms with Crippen molar-refractivity contribution in [2.24, 2.45) is 5.92 Å². The number of aryl methyl sites for hydroxylation is 1. The van der Waals surface area contributed by atoms with Crippen LogP contribution in [0.4, 0.5) is 0 Å². The van der Waals surface area contributed by atoms with Gasteiger partial charge in [-0.3, -0.25) is 9.69 Å². The van der Waals surface area contributed by atoms with Crippen LogP contribution >= 0.6 is 0 Å². The molecule has 17 heavy (non-hydrogen) atoms. The van der Waals surface area contributed by atoms with Crippen LogP contribution in [0.25, 0.3) is 0 Å². The lowest BCUT2D eigenvalue weighted by Gasteiger charge is -2.19. The summed E-state index contributed by atoms with van der Waals surface area (Å²) >= 11 is 0. The molecule has 0 aliphatic heterocycles. The van der Waals surface area contributed by atoms with E-state index in [0.717, 1.165) is 11.5 Å². The summed E-state index contributed by atoms with van der Waals surface area (Å²) in [6.45, 7) is 7.42. The Balaban J connectivity index is 2.38. The zero-order valence-electron chi connectivity index (χ0n) is 11.0. The molecular weight excluding hydrogens is 218 g/mol. The molecule has 1 heterocycles. The maximum Gasteiger partial charge on any atom is 0.309 e. The molecule has 1 unspecified atom stereocenters. The molecular formula is C13H21NO3. The van der Waals surface area contributed by atoms with Crippen molar-refractivity contribution in [2.75, 3.05) is 20.2 Å². The van der Waals surface area contributed by atoms with Crippen LogP contribution in [0.3, 0.4) is 0 Å². The number of carbonyl (C=O) groups is 1. The number of hydrogen-bond donors (Lipinski definition) is 0. The Labute approximate surface area is 103 Å². The molecule has 1 atom stereocenters. The molecule has 0 radical (unpaired) electrons. The van der Waals surface area contributed by atoms with Gasteiger partial charge in [0.15, 0.2) is 0 Å². The molecule has 0 saturated carbocycles. The van der Waals surface area contributed by atoms with Crippen molar-refractivity contribution < 1.29 is 13.9 Å². The Morgan fingerprint density at radius 1 is 1.53 bits per heavy atom. The lowest BCUT2D eigenvalue weighted by Crippen LogP contribution is -2.29. The van der Waals surface area contributed by atoms with Gasteiger partial charge in [-0.1, -0.05) is 6.92 Å². The number of furan rings is 1. The molecule has 96 valence electrons. The van der Waals surface area contributed by atoms with Crippen LogP contribution in [-0.2, 0) is 16.1 Å². The molecule has 0 amide bonds. The van der Waals surface area contributed by atoms with E-state index in [1.54, 1.807) is 0 Å². The summed E-state index contributed by atoms with van der Waals surface area (Å²) in [6, 6.07) is 3.90. The average Bonchev–Trinajstić information content (AvgIpc) is 2.64. The molecule has 1 rings (SSSR count). The fourth-order valence-electron chi connectivity index (χ4n) is 1.73. The van der Waals surface area contributed by atoms with E-state index in [4.69, 9.17) is 9.15 Å². The fraction of sp³-hybridized carbons (Fsp3) is 0.615. The van der Waals surface area contributed by atoms with Gasteiger partial charge in [-0.2, -0.15) is 0 Å². The van der Waals surface area contributed by atoms with Gasteiger partial charge in [0, 0.05) is 6.54 Å². The summed E-state index contributed by atoms with van der Waals surface area (Å²) in [6.07, 6.45) is 0. The van der Waals surface area contributed by atoms with Crippen molar-refractivity contribution in [3.8, 4) is 0 Å². The number of ether oxygens (including phenoxy) is 1. The SMILES string of the molecule is CCOC(=O)C(C)CN(C)Cc1ccc(C)o1. The third-order valence-electron chi connectivity index (χ3n) is 2.50. The second-order valence-corrected chi connectivity index (χ2v) is 4.36. The van der Waals surface area contributed by atoms with E-state index in [0.29, 0.717) is 19.7 Å². The predicted molar refractivity (Wildman–Crippen MR) is 65.6 cm³/mol. The van der Waals surface area contributed by atoms with Crippen LogP contribution in [0, 0.1) is 12.8 Å². The van der Waals surface area contributed by atoms with Crippen LogP contribution in [0.2, 0.25) is 0 Å². The highest BCUT2D eigenvalue weighted by atomic mass is 16.5. The van der Waals surface area contributed by atoms with Crippen molar-refractivity contribution in [3.63, 3.8) is 0 Å². The fourth-order valence-corrected chi connectivity index (χ4v) is 1.73. The molecule has 0 N–H and O–H groups in total.